The van der Waals surface area contributed by atoms with Gasteiger partial charge in [0.15, 0.2) is 5.00 Å². The van der Waals surface area contributed by atoms with Crippen LogP contribution < -0.4 is 5.32 Å². The number of anilines is 1. The SMILES string of the molecule is CCC(C)N(C)S(=O)(=O)c1cc([N+](=O)[O-])c(NC)s1. The summed E-state index contributed by atoms with van der Waals surface area (Å²) < 4.78 is 25.9. The summed E-state index contributed by atoms with van der Waals surface area (Å²) in [7, 11) is -0.686. The van der Waals surface area contributed by atoms with E-state index in [2.05, 4.69) is 5.32 Å². The Morgan fingerprint density at radius 1 is 1.58 bits per heavy atom. The van der Waals surface area contributed by atoms with Crippen molar-refractivity contribution in [1.82, 2.24) is 4.31 Å². The second kappa shape index (κ2) is 5.85. The fraction of sp³-hybridized carbons (Fsp3) is 0.600. The summed E-state index contributed by atoms with van der Waals surface area (Å²) in [5.41, 5.74) is -0.219. The molecule has 0 aliphatic rings. The molecule has 0 aliphatic carbocycles. The lowest BCUT2D eigenvalue weighted by molar-refractivity contribution is -0.383. The van der Waals surface area contributed by atoms with Gasteiger partial charge in [0.05, 0.1) is 4.92 Å². The second-order valence-corrected chi connectivity index (χ2v) is 7.34. The standard InChI is InChI=1S/C10H17N3O4S2/c1-5-7(2)12(4)19(16,17)9-6-8(13(14)15)10(11-3)18-9/h6-7,11H,5H2,1-4H3. The van der Waals surface area contributed by atoms with Crippen molar-refractivity contribution in [2.45, 2.75) is 30.5 Å². The number of thiophene rings is 1. The maximum absolute atomic E-state index is 12.3. The molecule has 1 atom stereocenters. The molecular formula is C10H17N3O4S2. The van der Waals surface area contributed by atoms with E-state index in [4.69, 9.17) is 0 Å². The first kappa shape index (κ1) is 15.9. The molecule has 108 valence electrons. The summed E-state index contributed by atoms with van der Waals surface area (Å²) in [6, 6.07) is 0.939. The molecule has 0 radical (unpaired) electrons. The highest BCUT2D eigenvalue weighted by Crippen LogP contribution is 2.37. The molecule has 1 aromatic heterocycles. The van der Waals surface area contributed by atoms with Crippen LogP contribution in [0.2, 0.25) is 0 Å². The van der Waals surface area contributed by atoms with Crippen LogP contribution in [-0.4, -0.2) is 37.8 Å². The Hall–Kier alpha value is -1.19. The zero-order valence-electron chi connectivity index (χ0n) is 11.2. The second-order valence-electron chi connectivity index (χ2n) is 4.07. The van der Waals surface area contributed by atoms with Gasteiger partial charge in [-0.05, 0) is 13.3 Å². The summed E-state index contributed by atoms with van der Waals surface area (Å²) in [6.45, 7) is 3.67. The van der Waals surface area contributed by atoms with E-state index < -0.39 is 14.9 Å². The molecule has 1 N–H and O–H groups in total. The normalized spacial score (nSPS) is 13.5. The van der Waals surface area contributed by atoms with Crippen LogP contribution in [0.3, 0.4) is 0 Å². The summed E-state index contributed by atoms with van der Waals surface area (Å²) in [4.78, 5) is 10.3. The third-order valence-electron chi connectivity index (χ3n) is 2.96. The highest BCUT2D eigenvalue weighted by atomic mass is 32.2. The molecule has 1 heterocycles. The van der Waals surface area contributed by atoms with Crippen LogP contribution in [0.15, 0.2) is 10.3 Å². The molecule has 0 amide bonds. The Morgan fingerprint density at radius 2 is 2.16 bits per heavy atom. The molecule has 0 saturated carbocycles. The number of sulfonamides is 1. The van der Waals surface area contributed by atoms with Gasteiger partial charge in [0, 0.05) is 26.2 Å². The molecule has 0 aromatic carbocycles. The zero-order chi connectivity index (χ0) is 14.8. The van der Waals surface area contributed by atoms with Gasteiger partial charge in [-0.1, -0.05) is 18.3 Å². The predicted molar refractivity (Wildman–Crippen MR) is 75.2 cm³/mol. The molecule has 0 saturated heterocycles. The number of nitrogens with one attached hydrogen (secondary N) is 1. The minimum Gasteiger partial charge on any atom is -0.374 e. The maximum atomic E-state index is 12.3. The molecule has 1 aromatic rings. The number of hydrogen-bond donors (Lipinski definition) is 1. The maximum Gasteiger partial charge on any atom is 0.304 e. The lowest BCUT2D eigenvalue weighted by Gasteiger charge is -2.21. The Bertz CT molecular complexity index is 567. The van der Waals surface area contributed by atoms with Crippen LogP contribution in [0.5, 0.6) is 0 Å². The highest BCUT2D eigenvalue weighted by Gasteiger charge is 2.30. The van der Waals surface area contributed by atoms with Crippen molar-refractivity contribution in [3.63, 3.8) is 0 Å². The van der Waals surface area contributed by atoms with Gasteiger partial charge in [-0.3, -0.25) is 10.1 Å². The van der Waals surface area contributed by atoms with Gasteiger partial charge in [-0.2, -0.15) is 4.31 Å². The topological polar surface area (TPSA) is 92.5 Å². The van der Waals surface area contributed by atoms with Gasteiger partial charge in [-0.15, -0.1) is 0 Å². The molecule has 7 nitrogen and oxygen atoms in total. The average Bonchev–Trinajstić information content (AvgIpc) is 2.81. The first-order chi connectivity index (χ1) is 8.75. The Morgan fingerprint density at radius 3 is 2.53 bits per heavy atom. The van der Waals surface area contributed by atoms with Crippen LogP contribution in [-0.2, 0) is 10.0 Å². The minimum atomic E-state index is -3.69. The van der Waals surface area contributed by atoms with Crippen molar-refractivity contribution < 1.29 is 13.3 Å². The summed E-state index contributed by atoms with van der Waals surface area (Å²) >= 11 is 0.869. The Labute approximate surface area is 116 Å². The minimum absolute atomic E-state index is 0.0219. The summed E-state index contributed by atoms with van der Waals surface area (Å²) in [5, 5.41) is 13.7. The van der Waals surface area contributed by atoms with Crippen molar-refractivity contribution in [3.05, 3.63) is 16.2 Å². The van der Waals surface area contributed by atoms with E-state index in [0.29, 0.717) is 6.42 Å². The number of nitro groups is 1. The molecule has 0 fully saturated rings. The first-order valence-corrected chi connectivity index (χ1v) is 7.95. The molecule has 1 rings (SSSR count). The van der Waals surface area contributed by atoms with Crippen molar-refractivity contribution in [2.75, 3.05) is 19.4 Å². The smallest absolute Gasteiger partial charge is 0.304 e. The molecule has 9 heteroatoms. The van der Waals surface area contributed by atoms with Crippen LogP contribution in [0.4, 0.5) is 10.7 Å². The highest BCUT2D eigenvalue weighted by molar-refractivity contribution is 7.91. The Kier molecular flexibility index (Phi) is 4.88. The largest absolute Gasteiger partial charge is 0.374 e. The first-order valence-electron chi connectivity index (χ1n) is 5.69. The molecule has 0 spiro atoms. The van der Waals surface area contributed by atoms with Gasteiger partial charge in [-0.25, -0.2) is 8.42 Å². The van der Waals surface area contributed by atoms with Crippen molar-refractivity contribution in [1.29, 1.82) is 0 Å². The van der Waals surface area contributed by atoms with E-state index in [1.807, 2.05) is 6.92 Å². The van der Waals surface area contributed by atoms with Crippen molar-refractivity contribution >= 4 is 32.0 Å². The summed E-state index contributed by atoms with van der Waals surface area (Å²) in [5.74, 6) is 0. The van der Waals surface area contributed by atoms with E-state index in [0.717, 1.165) is 17.4 Å². The quantitative estimate of drug-likeness (QED) is 0.642. The van der Waals surface area contributed by atoms with E-state index in [9.17, 15) is 18.5 Å². The van der Waals surface area contributed by atoms with Crippen LogP contribution >= 0.6 is 11.3 Å². The fourth-order valence-corrected chi connectivity index (χ4v) is 4.34. The van der Waals surface area contributed by atoms with E-state index >= 15 is 0 Å². The molecule has 19 heavy (non-hydrogen) atoms. The van der Waals surface area contributed by atoms with Gasteiger partial charge in [0.2, 0.25) is 0 Å². The van der Waals surface area contributed by atoms with E-state index in [-0.39, 0.29) is 20.9 Å². The zero-order valence-corrected chi connectivity index (χ0v) is 12.8. The number of rotatable bonds is 6. The third-order valence-corrected chi connectivity index (χ3v) is 6.52. The molecular weight excluding hydrogens is 290 g/mol. The average molecular weight is 307 g/mol. The molecule has 1 unspecified atom stereocenters. The lowest BCUT2D eigenvalue weighted by Crippen LogP contribution is -2.34. The molecule has 0 bridgehead atoms. The Balaban J connectivity index is 3.26. The van der Waals surface area contributed by atoms with Crippen molar-refractivity contribution in [2.24, 2.45) is 0 Å². The molecule has 0 aliphatic heterocycles. The number of hydrogen-bond acceptors (Lipinski definition) is 6. The van der Waals surface area contributed by atoms with Crippen LogP contribution in [0.1, 0.15) is 20.3 Å². The van der Waals surface area contributed by atoms with Crippen molar-refractivity contribution in [3.8, 4) is 0 Å². The van der Waals surface area contributed by atoms with Crippen LogP contribution in [0, 0.1) is 10.1 Å². The van der Waals surface area contributed by atoms with Gasteiger partial charge in [0.25, 0.3) is 10.0 Å². The van der Waals surface area contributed by atoms with Crippen LogP contribution in [0.25, 0.3) is 0 Å². The van der Waals surface area contributed by atoms with E-state index in [1.54, 1.807) is 6.92 Å². The summed E-state index contributed by atoms with van der Waals surface area (Å²) in [6.07, 6.45) is 0.669. The van der Waals surface area contributed by atoms with Gasteiger partial charge in [0.1, 0.15) is 4.21 Å². The lowest BCUT2D eigenvalue weighted by atomic mass is 10.3. The third kappa shape index (κ3) is 3.04. The van der Waals surface area contributed by atoms with Gasteiger partial charge >= 0.3 is 5.69 Å². The van der Waals surface area contributed by atoms with Gasteiger partial charge < -0.3 is 5.32 Å². The fourth-order valence-electron chi connectivity index (χ4n) is 1.44. The monoisotopic (exact) mass is 307 g/mol. The van der Waals surface area contributed by atoms with E-state index in [1.165, 1.54) is 18.4 Å². The predicted octanol–water partition coefficient (Wildman–Crippen LogP) is 2.12. The number of nitrogens with zero attached hydrogens (tertiary/aromatic N) is 2.